The van der Waals surface area contributed by atoms with E-state index in [0.29, 0.717) is 23.0 Å². The maximum atomic E-state index is 12.4. The van der Waals surface area contributed by atoms with Crippen molar-refractivity contribution < 1.29 is 9.32 Å². The molecule has 0 saturated carbocycles. The summed E-state index contributed by atoms with van der Waals surface area (Å²) in [5.74, 6) is 0.472. The number of thiophene rings is 1. The second-order valence-electron chi connectivity index (χ2n) is 7.00. The van der Waals surface area contributed by atoms with Crippen molar-refractivity contribution in [2.24, 2.45) is 0 Å². The van der Waals surface area contributed by atoms with Crippen LogP contribution in [-0.2, 0) is 4.79 Å². The number of nitrogens with zero attached hydrogens (tertiary/aromatic N) is 2. The molecule has 29 heavy (non-hydrogen) atoms. The average Bonchev–Trinajstić information content (AvgIpc) is 3.15. The molecule has 1 amide bonds. The van der Waals surface area contributed by atoms with Gasteiger partial charge in [0.25, 0.3) is 5.76 Å². The van der Waals surface area contributed by atoms with Crippen LogP contribution in [0, 0.1) is 20.8 Å². The summed E-state index contributed by atoms with van der Waals surface area (Å²) in [6.07, 6.45) is 0.125. The summed E-state index contributed by atoms with van der Waals surface area (Å²) in [7, 11) is 0. The van der Waals surface area contributed by atoms with E-state index in [-0.39, 0.29) is 12.3 Å². The first-order valence-electron chi connectivity index (χ1n) is 9.45. The first kappa shape index (κ1) is 19.6. The van der Waals surface area contributed by atoms with Crippen LogP contribution >= 0.6 is 22.9 Å². The van der Waals surface area contributed by atoms with E-state index in [1.165, 1.54) is 10.4 Å². The van der Waals surface area contributed by atoms with Crippen LogP contribution in [0.25, 0.3) is 10.4 Å². The number of aryl methyl sites for hydroxylation is 2. The second kappa shape index (κ2) is 7.64. The summed E-state index contributed by atoms with van der Waals surface area (Å²) in [4.78, 5) is 14.7. The van der Waals surface area contributed by atoms with E-state index in [4.69, 9.17) is 20.8 Å². The number of carbonyl (C=O) groups excluding carboxylic acids is 1. The number of hydrogen-bond acceptors (Lipinski definition) is 4. The number of aromatic nitrogens is 1. The molecular formula is C22H21ClN3O2S+. The minimum atomic E-state index is -0.0973. The number of fused-ring (bicyclic) bond motifs is 3. The fourth-order valence-corrected chi connectivity index (χ4v) is 4.89. The number of halogens is 1. The lowest BCUT2D eigenvalue weighted by Crippen LogP contribution is -2.26. The molecule has 1 aromatic carbocycles. The van der Waals surface area contributed by atoms with Gasteiger partial charge in [-0.25, -0.2) is 0 Å². The average molecular weight is 427 g/mol. The smallest absolute Gasteiger partial charge is 0.356 e. The Kier molecular flexibility index (Phi) is 5.17. The molecule has 7 heteroatoms. The number of rotatable bonds is 4. The summed E-state index contributed by atoms with van der Waals surface area (Å²) in [5, 5.41) is 7.69. The Morgan fingerprint density at radius 3 is 2.62 bits per heavy atom. The predicted octanol–water partition coefficient (Wildman–Crippen LogP) is 4.22. The third-order valence-corrected chi connectivity index (χ3v) is 6.52. The van der Waals surface area contributed by atoms with Crippen molar-refractivity contribution in [2.45, 2.75) is 34.1 Å². The van der Waals surface area contributed by atoms with Gasteiger partial charge < -0.3 is 9.84 Å². The minimum absolute atomic E-state index is 0.0973. The van der Waals surface area contributed by atoms with E-state index in [1.807, 2.05) is 38.1 Å². The Hall–Kier alpha value is -2.66. The van der Waals surface area contributed by atoms with Crippen LogP contribution in [0.3, 0.4) is 0 Å². The van der Waals surface area contributed by atoms with Gasteiger partial charge in [-0.3, -0.25) is 4.79 Å². The fourth-order valence-electron chi connectivity index (χ4n) is 3.51. The fraction of sp³-hybridized carbons (Fsp3) is 0.273. The van der Waals surface area contributed by atoms with Crippen LogP contribution in [-0.4, -0.2) is 29.0 Å². The van der Waals surface area contributed by atoms with Gasteiger partial charge >= 0.3 is 11.4 Å². The van der Waals surface area contributed by atoms with Gasteiger partial charge in [-0.2, -0.15) is 0 Å². The normalized spacial score (nSPS) is 12.6. The molecule has 1 aliphatic heterocycles. The molecule has 0 fully saturated rings. The van der Waals surface area contributed by atoms with Crippen LogP contribution < -0.4 is 9.98 Å². The van der Waals surface area contributed by atoms with Gasteiger partial charge in [-0.05, 0) is 57.5 Å². The third kappa shape index (κ3) is 3.44. The highest BCUT2D eigenvalue weighted by Gasteiger charge is 2.38. The zero-order valence-electron chi connectivity index (χ0n) is 16.7. The number of benzene rings is 1. The zero-order chi connectivity index (χ0) is 20.7. The third-order valence-electron chi connectivity index (χ3n) is 5.04. The first-order valence-corrected chi connectivity index (χ1v) is 10.6. The van der Waals surface area contributed by atoms with Crippen LogP contribution in [0.5, 0.6) is 0 Å². The summed E-state index contributed by atoms with van der Waals surface area (Å²) >= 11 is 7.81. The SMILES string of the molecule is CCNC(=O)CC1=[N+]=C(c2ccc(Cl)cc2)c2c(sc(C)c2C)-c2c(C)noc21. The zero-order valence-corrected chi connectivity index (χ0v) is 18.3. The highest BCUT2D eigenvalue weighted by Crippen LogP contribution is 2.41. The topological polar surface area (TPSA) is 69.2 Å². The highest BCUT2D eigenvalue weighted by atomic mass is 35.5. The van der Waals surface area contributed by atoms with Crippen molar-refractivity contribution in [2.75, 3.05) is 6.54 Å². The minimum Gasteiger partial charge on any atom is -0.356 e. The van der Waals surface area contributed by atoms with E-state index in [9.17, 15) is 4.79 Å². The number of amides is 1. The Morgan fingerprint density at radius 1 is 1.21 bits per heavy atom. The summed E-state index contributed by atoms with van der Waals surface area (Å²) in [5.41, 5.74) is 6.30. The maximum absolute atomic E-state index is 12.4. The van der Waals surface area contributed by atoms with E-state index < -0.39 is 0 Å². The molecule has 1 N–H and O–H groups in total. The molecule has 0 radical (unpaired) electrons. The Balaban J connectivity index is 2.05. The molecule has 5 nitrogen and oxygen atoms in total. The molecule has 3 aromatic rings. The number of hydrogen-bond donors (Lipinski definition) is 1. The van der Waals surface area contributed by atoms with Gasteiger partial charge in [0.1, 0.15) is 6.42 Å². The lowest BCUT2D eigenvalue weighted by molar-refractivity contribution is -0.119. The van der Waals surface area contributed by atoms with Crippen molar-refractivity contribution in [3.63, 3.8) is 0 Å². The number of carbonyl (C=O) groups is 1. The Labute approximate surface area is 178 Å². The standard InChI is InChI=1S/C22H20ClN3O2S/c1-5-24-17(27)10-16-21-19(12(3)26-28-21)22-18(11(2)13(4)29-22)20(25-16)14-6-8-15(23)9-7-14/h6-9H,5,10H2,1-4H3/p+1. The van der Waals surface area contributed by atoms with Gasteiger partial charge in [0, 0.05) is 16.4 Å². The summed E-state index contributed by atoms with van der Waals surface area (Å²) in [6, 6.07) is 7.62. The summed E-state index contributed by atoms with van der Waals surface area (Å²) < 4.78 is 10.6. The quantitative estimate of drug-likeness (QED) is 0.635. The molecular weight excluding hydrogens is 406 g/mol. The lowest BCUT2D eigenvalue weighted by Gasteiger charge is -2.00. The van der Waals surface area contributed by atoms with Gasteiger partial charge in [0.05, 0.1) is 27.3 Å². The molecule has 148 valence electrons. The predicted molar refractivity (Wildman–Crippen MR) is 118 cm³/mol. The largest absolute Gasteiger partial charge is 0.359 e. The Bertz CT molecular complexity index is 1180. The molecule has 0 aliphatic carbocycles. The van der Waals surface area contributed by atoms with Crippen LogP contribution in [0.4, 0.5) is 0 Å². The lowest BCUT2D eigenvalue weighted by atomic mass is 9.96. The molecule has 0 saturated heterocycles. The Morgan fingerprint density at radius 2 is 1.93 bits per heavy atom. The van der Waals surface area contributed by atoms with Gasteiger partial charge in [-0.1, -0.05) is 21.4 Å². The molecule has 4 rings (SSSR count). The summed E-state index contributed by atoms with van der Waals surface area (Å²) in [6.45, 7) is 8.59. The van der Waals surface area contributed by atoms with Crippen LogP contribution in [0.1, 0.15) is 46.4 Å². The van der Waals surface area contributed by atoms with Gasteiger partial charge in [-0.15, -0.1) is 11.3 Å². The van der Waals surface area contributed by atoms with Crippen molar-refractivity contribution in [3.05, 3.63) is 62.3 Å². The highest BCUT2D eigenvalue weighted by molar-refractivity contribution is 7.16. The van der Waals surface area contributed by atoms with Crippen LogP contribution in [0.2, 0.25) is 5.02 Å². The molecule has 3 heterocycles. The van der Waals surface area contributed by atoms with Crippen molar-refractivity contribution in [1.29, 1.82) is 0 Å². The van der Waals surface area contributed by atoms with E-state index in [1.54, 1.807) is 11.3 Å². The van der Waals surface area contributed by atoms with E-state index in [0.717, 1.165) is 33.0 Å². The van der Waals surface area contributed by atoms with Gasteiger partial charge in [0.2, 0.25) is 5.91 Å². The van der Waals surface area contributed by atoms with Crippen molar-refractivity contribution in [1.82, 2.24) is 15.1 Å². The molecule has 0 bridgehead atoms. The van der Waals surface area contributed by atoms with Crippen molar-refractivity contribution in [3.8, 4) is 10.4 Å². The first-order chi connectivity index (χ1) is 13.9. The van der Waals surface area contributed by atoms with Crippen LogP contribution in [0.15, 0.2) is 28.8 Å². The second-order valence-corrected chi connectivity index (χ2v) is 8.66. The molecule has 1 aliphatic rings. The van der Waals surface area contributed by atoms with Gasteiger partial charge in [0.15, 0.2) is 0 Å². The molecule has 0 unspecified atom stereocenters. The number of nitrogens with one attached hydrogen (secondary N) is 1. The van der Waals surface area contributed by atoms with E-state index in [2.05, 4.69) is 24.3 Å². The maximum Gasteiger partial charge on any atom is 0.359 e. The molecule has 2 aromatic heterocycles. The monoisotopic (exact) mass is 426 g/mol. The molecule has 0 atom stereocenters. The van der Waals surface area contributed by atoms with Crippen molar-refractivity contribution >= 4 is 40.3 Å². The van der Waals surface area contributed by atoms with E-state index >= 15 is 0 Å². The molecule has 0 spiro atoms.